The minimum atomic E-state index is -0.766. The number of ether oxygens (including phenoxy) is 2. The maximum atomic E-state index is 12.4. The van der Waals surface area contributed by atoms with Crippen LogP contribution in [0.15, 0.2) is 30.9 Å². The highest BCUT2D eigenvalue weighted by Gasteiger charge is 2.35. The molecule has 0 aliphatic carbocycles. The molecular formula is C21H22N2O7. The monoisotopic (exact) mass is 414 g/mol. The lowest BCUT2D eigenvalue weighted by molar-refractivity contribution is -0.149. The molecule has 0 saturated carbocycles. The van der Waals surface area contributed by atoms with Gasteiger partial charge in [0, 0.05) is 19.6 Å². The van der Waals surface area contributed by atoms with Crippen molar-refractivity contribution >= 4 is 29.7 Å². The lowest BCUT2D eigenvalue weighted by Gasteiger charge is -2.30. The number of carbonyl (C=O) groups is 5. The summed E-state index contributed by atoms with van der Waals surface area (Å²) in [4.78, 5) is 63.3. The Morgan fingerprint density at radius 1 is 1.13 bits per heavy atom. The summed E-state index contributed by atoms with van der Waals surface area (Å²) in [6, 6.07) is 4.08. The summed E-state index contributed by atoms with van der Waals surface area (Å²) in [6.07, 6.45) is 2.43. The van der Waals surface area contributed by atoms with Crippen LogP contribution in [0.4, 0.5) is 0 Å². The number of nitrogens with zero attached hydrogens (tertiary/aromatic N) is 2. The Morgan fingerprint density at radius 3 is 2.43 bits per heavy atom. The normalized spacial score (nSPS) is 16.3. The standard InChI is InChI=1S/C21H22N2O7/c1-3-8-23-18(25)15-5-4-14(11-16(15)19(23)26)21(28)30-12-17(24)22-9-6-13(7-10-22)20(27)29-2/h3-5,11,13H,1,6-10,12H2,2H3. The Balaban J connectivity index is 1.57. The highest BCUT2D eigenvalue weighted by Crippen LogP contribution is 2.24. The van der Waals surface area contributed by atoms with Gasteiger partial charge in [0.15, 0.2) is 6.61 Å². The van der Waals surface area contributed by atoms with Crippen molar-refractivity contribution in [3.63, 3.8) is 0 Å². The van der Waals surface area contributed by atoms with Crippen molar-refractivity contribution in [2.45, 2.75) is 12.8 Å². The number of hydrogen-bond donors (Lipinski definition) is 0. The first kappa shape index (κ1) is 21.2. The van der Waals surface area contributed by atoms with Crippen LogP contribution >= 0.6 is 0 Å². The second-order valence-electron chi connectivity index (χ2n) is 7.02. The minimum absolute atomic E-state index is 0.0764. The third-order valence-electron chi connectivity index (χ3n) is 5.23. The van der Waals surface area contributed by atoms with E-state index in [2.05, 4.69) is 6.58 Å². The second-order valence-corrected chi connectivity index (χ2v) is 7.02. The van der Waals surface area contributed by atoms with Gasteiger partial charge >= 0.3 is 11.9 Å². The Hall–Kier alpha value is -3.49. The van der Waals surface area contributed by atoms with E-state index in [0.29, 0.717) is 25.9 Å². The molecule has 0 unspecified atom stereocenters. The molecule has 158 valence electrons. The summed E-state index contributed by atoms with van der Waals surface area (Å²) in [5.74, 6) is -2.59. The van der Waals surface area contributed by atoms with Crippen LogP contribution in [0.25, 0.3) is 0 Å². The van der Waals surface area contributed by atoms with E-state index in [-0.39, 0.29) is 41.0 Å². The molecule has 0 radical (unpaired) electrons. The van der Waals surface area contributed by atoms with E-state index in [0.717, 1.165) is 4.90 Å². The average molecular weight is 414 g/mol. The number of imide groups is 1. The topological polar surface area (TPSA) is 110 Å². The molecule has 3 amide bonds. The molecule has 30 heavy (non-hydrogen) atoms. The van der Waals surface area contributed by atoms with Gasteiger partial charge in [-0.3, -0.25) is 24.1 Å². The summed E-state index contributed by atoms with van der Waals surface area (Å²) in [6.45, 7) is 3.90. The van der Waals surface area contributed by atoms with Crippen molar-refractivity contribution in [3.05, 3.63) is 47.5 Å². The van der Waals surface area contributed by atoms with Gasteiger partial charge in [0.25, 0.3) is 17.7 Å². The Morgan fingerprint density at radius 2 is 1.80 bits per heavy atom. The molecular weight excluding hydrogens is 392 g/mol. The predicted molar refractivity (Wildman–Crippen MR) is 104 cm³/mol. The molecule has 1 aromatic rings. The van der Waals surface area contributed by atoms with E-state index in [4.69, 9.17) is 9.47 Å². The Bertz CT molecular complexity index is 916. The zero-order chi connectivity index (χ0) is 21.8. The minimum Gasteiger partial charge on any atom is -0.469 e. The first-order chi connectivity index (χ1) is 14.4. The van der Waals surface area contributed by atoms with Gasteiger partial charge in [0.2, 0.25) is 0 Å². The van der Waals surface area contributed by atoms with Gasteiger partial charge in [-0.2, -0.15) is 0 Å². The lowest BCUT2D eigenvalue weighted by atomic mass is 9.97. The van der Waals surface area contributed by atoms with Crippen LogP contribution in [0.5, 0.6) is 0 Å². The fourth-order valence-corrected chi connectivity index (χ4v) is 3.55. The van der Waals surface area contributed by atoms with Crippen LogP contribution in [0.1, 0.15) is 43.9 Å². The third-order valence-corrected chi connectivity index (χ3v) is 5.23. The van der Waals surface area contributed by atoms with Crippen LogP contribution in [-0.4, -0.2) is 72.8 Å². The van der Waals surface area contributed by atoms with Gasteiger partial charge in [-0.1, -0.05) is 6.08 Å². The highest BCUT2D eigenvalue weighted by molar-refractivity contribution is 6.22. The molecule has 0 aromatic heterocycles. The number of carbonyl (C=O) groups excluding carboxylic acids is 5. The van der Waals surface area contributed by atoms with Gasteiger partial charge in [-0.15, -0.1) is 6.58 Å². The molecule has 0 atom stereocenters. The quantitative estimate of drug-likeness (QED) is 0.388. The van der Waals surface area contributed by atoms with E-state index >= 15 is 0 Å². The number of benzene rings is 1. The lowest BCUT2D eigenvalue weighted by Crippen LogP contribution is -2.42. The summed E-state index contributed by atoms with van der Waals surface area (Å²) < 4.78 is 9.80. The third kappa shape index (κ3) is 4.10. The number of esters is 2. The number of likely N-dealkylation sites (tertiary alicyclic amines) is 1. The molecule has 2 heterocycles. The number of amides is 3. The van der Waals surface area contributed by atoms with Crippen LogP contribution < -0.4 is 0 Å². The molecule has 0 bridgehead atoms. The van der Waals surface area contributed by atoms with Crippen LogP contribution in [0, 0.1) is 5.92 Å². The second kappa shape index (κ2) is 8.89. The summed E-state index contributed by atoms with van der Waals surface area (Å²) >= 11 is 0. The SMILES string of the molecule is C=CCN1C(=O)c2ccc(C(=O)OCC(=O)N3CCC(C(=O)OC)CC3)cc2C1=O. The molecule has 1 aromatic carbocycles. The fourth-order valence-electron chi connectivity index (χ4n) is 3.55. The maximum Gasteiger partial charge on any atom is 0.338 e. The van der Waals surface area contributed by atoms with Gasteiger partial charge in [-0.25, -0.2) is 4.79 Å². The van der Waals surface area contributed by atoms with Crippen molar-refractivity contribution in [3.8, 4) is 0 Å². The number of hydrogen-bond acceptors (Lipinski definition) is 7. The van der Waals surface area contributed by atoms with E-state index in [1.165, 1.54) is 36.3 Å². The summed E-state index contributed by atoms with van der Waals surface area (Å²) in [5.41, 5.74) is 0.406. The molecule has 0 spiro atoms. The molecule has 2 aliphatic rings. The van der Waals surface area contributed by atoms with Crippen LogP contribution in [-0.2, 0) is 19.1 Å². The molecule has 2 aliphatic heterocycles. The van der Waals surface area contributed by atoms with Gasteiger partial charge in [0.1, 0.15) is 0 Å². The number of piperidine rings is 1. The van der Waals surface area contributed by atoms with Crippen molar-refractivity contribution < 1.29 is 33.4 Å². The molecule has 3 rings (SSSR count). The van der Waals surface area contributed by atoms with Gasteiger partial charge < -0.3 is 14.4 Å². The molecule has 0 N–H and O–H groups in total. The molecule has 9 nitrogen and oxygen atoms in total. The van der Waals surface area contributed by atoms with Crippen molar-refractivity contribution in [2.75, 3.05) is 33.4 Å². The molecule has 1 fully saturated rings. The smallest absolute Gasteiger partial charge is 0.338 e. The average Bonchev–Trinajstić information content (AvgIpc) is 3.01. The van der Waals surface area contributed by atoms with Crippen molar-refractivity contribution in [1.29, 1.82) is 0 Å². The zero-order valence-electron chi connectivity index (χ0n) is 16.6. The summed E-state index contributed by atoms with van der Waals surface area (Å²) in [7, 11) is 1.33. The Labute approximate surface area is 173 Å². The highest BCUT2D eigenvalue weighted by atomic mass is 16.5. The van der Waals surface area contributed by atoms with Crippen molar-refractivity contribution in [1.82, 2.24) is 9.80 Å². The first-order valence-corrected chi connectivity index (χ1v) is 9.51. The van der Waals surface area contributed by atoms with Crippen LogP contribution in [0.3, 0.4) is 0 Å². The predicted octanol–water partition coefficient (Wildman–Crippen LogP) is 1.04. The number of methoxy groups -OCH3 is 1. The summed E-state index contributed by atoms with van der Waals surface area (Å²) in [5, 5.41) is 0. The fraction of sp³-hybridized carbons (Fsp3) is 0.381. The number of fused-ring (bicyclic) bond motifs is 1. The van der Waals surface area contributed by atoms with E-state index in [9.17, 15) is 24.0 Å². The van der Waals surface area contributed by atoms with Crippen molar-refractivity contribution in [2.24, 2.45) is 5.92 Å². The Kier molecular flexibility index (Phi) is 6.29. The number of rotatable bonds is 6. The maximum absolute atomic E-state index is 12.4. The largest absolute Gasteiger partial charge is 0.469 e. The van der Waals surface area contributed by atoms with E-state index in [1.54, 1.807) is 0 Å². The molecule has 1 saturated heterocycles. The van der Waals surface area contributed by atoms with E-state index in [1.807, 2.05) is 0 Å². The van der Waals surface area contributed by atoms with Crippen LogP contribution in [0.2, 0.25) is 0 Å². The van der Waals surface area contributed by atoms with E-state index < -0.39 is 24.4 Å². The van der Waals surface area contributed by atoms with Gasteiger partial charge in [-0.05, 0) is 31.0 Å². The first-order valence-electron chi connectivity index (χ1n) is 9.51. The van der Waals surface area contributed by atoms with Gasteiger partial charge in [0.05, 0.1) is 29.7 Å². The zero-order valence-corrected chi connectivity index (χ0v) is 16.6. The molecule has 9 heteroatoms.